The third kappa shape index (κ3) is 3.55. The van der Waals surface area contributed by atoms with E-state index >= 15 is 0 Å². The second-order valence-corrected chi connectivity index (χ2v) is 4.41. The van der Waals surface area contributed by atoms with Crippen molar-refractivity contribution in [1.29, 1.82) is 0 Å². The Morgan fingerprint density at radius 2 is 2.31 bits per heavy atom. The fraction of sp³-hybridized carbons (Fsp3) is 0.400. The van der Waals surface area contributed by atoms with Crippen molar-refractivity contribution in [3.8, 4) is 0 Å². The number of halogens is 1. The molecule has 0 fully saturated rings. The average molecular weight is 289 g/mol. The van der Waals surface area contributed by atoms with Crippen molar-refractivity contribution in [2.45, 2.75) is 19.5 Å². The van der Waals surface area contributed by atoms with E-state index in [0.29, 0.717) is 16.6 Å². The molecule has 0 heterocycles. The maximum Gasteiger partial charge on any atom is 0.275 e. The van der Waals surface area contributed by atoms with Crippen LogP contribution in [0.3, 0.4) is 0 Å². The standard InChI is InChI=1S/C10H13BrN2O3/c1-7(6-14)12-5-8-2-3-9(11)4-10(8)13(15)16/h2-4,7,12,14H,5-6H2,1H3. The van der Waals surface area contributed by atoms with Gasteiger partial charge in [-0.3, -0.25) is 10.1 Å². The van der Waals surface area contributed by atoms with Crippen molar-refractivity contribution in [2.75, 3.05) is 6.61 Å². The number of benzene rings is 1. The first-order valence-electron chi connectivity index (χ1n) is 4.81. The van der Waals surface area contributed by atoms with Crippen LogP contribution >= 0.6 is 15.9 Å². The Morgan fingerprint density at radius 3 is 2.88 bits per heavy atom. The number of aliphatic hydroxyl groups is 1. The van der Waals surface area contributed by atoms with Crippen molar-refractivity contribution in [1.82, 2.24) is 5.32 Å². The second-order valence-electron chi connectivity index (χ2n) is 3.49. The fourth-order valence-electron chi connectivity index (χ4n) is 1.21. The molecule has 1 unspecified atom stereocenters. The molecular formula is C10H13BrN2O3. The minimum absolute atomic E-state index is 0.00429. The molecule has 0 aromatic heterocycles. The summed E-state index contributed by atoms with van der Waals surface area (Å²) >= 11 is 3.19. The van der Waals surface area contributed by atoms with Crippen molar-refractivity contribution in [2.24, 2.45) is 0 Å². The Labute approximate surface area is 102 Å². The zero-order valence-electron chi connectivity index (χ0n) is 8.81. The Hall–Kier alpha value is -0.980. The summed E-state index contributed by atoms with van der Waals surface area (Å²) in [6, 6.07) is 4.84. The highest BCUT2D eigenvalue weighted by Crippen LogP contribution is 2.23. The summed E-state index contributed by atoms with van der Waals surface area (Å²) in [5.41, 5.74) is 0.681. The Morgan fingerprint density at radius 1 is 1.62 bits per heavy atom. The van der Waals surface area contributed by atoms with Gasteiger partial charge in [0, 0.05) is 28.7 Å². The van der Waals surface area contributed by atoms with Crippen LogP contribution in [0.1, 0.15) is 12.5 Å². The molecule has 1 atom stereocenters. The van der Waals surface area contributed by atoms with Gasteiger partial charge in [0.05, 0.1) is 11.5 Å². The minimum atomic E-state index is -0.411. The quantitative estimate of drug-likeness (QED) is 0.640. The molecule has 88 valence electrons. The van der Waals surface area contributed by atoms with Crippen molar-refractivity contribution in [3.63, 3.8) is 0 Å². The molecule has 1 aromatic carbocycles. The van der Waals surface area contributed by atoms with Crippen LogP contribution in [-0.4, -0.2) is 22.7 Å². The van der Waals surface area contributed by atoms with Crippen LogP contribution in [0, 0.1) is 10.1 Å². The van der Waals surface area contributed by atoms with E-state index in [-0.39, 0.29) is 18.3 Å². The van der Waals surface area contributed by atoms with E-state index in [2.05, 4.69) is 21.2 Å². The van der Waals surface area contributed by atoms with Crippen LogP contribution < -0.4 is 5.32 Å². The van der Waals surface area contributed by atoms with Crippen molar-refractivity contribution < 1.29 is 10.0 Å². The molecule has 2 N–H and O–H groups in total. The van der Waals surface area contributed by atoms with Gasteiger partial charge in [-0.2, -0.15) is 0 Å². The molecule has 5 nitrogen and oxygen atoms in total. The number of aliphatic hydroxyl groups excluding tert-OH is 1. The van der Waals surface area contributed by atoms with Gasteiger partial charge in [-0.15, -0.1) is 0 Å². The smallest absolute Gasteiger partial charge is 0.275 e. The van der Waals surface area contributed by atoms with Crippen LogP contribution in [0.4, 0.5) is 5.69 Å². The predicted octanol–water partition coefficient (Wildman–Crippen LogP) is 1.83. The molecule has 0 aliphatic carbocycles. The number of nitrogens with zero attached hydrogens (tertiary/aromatic N) is 1. The topological polar surface area (TPSA) is 75.4 Å². The van der Waals surface area contributed by atoms with Gasteiger partial charge in [0.15, 0.2) is 0 Å². The number of nitro benzene ring substituents is 1. The highest BCUT2D eigenvalue weighted by molar-refractivity contribution is 9.10. The summed E-state index contributed by atoms with van der Waals surface area (Å²) in [4.78, 5) is 10.4. The van der Waals surface area contributed by atoms with E-state index in [1.165, 1.54) is 6.07 Å². The van der Waals surface area contributed by atoms with Gasteiger partial charge in [-0.25, -0.2) is 0 Å². The summed E-state index contributed by atoms with van der Waals surface area (Å²) in [6.45, 7) is 2.18. The van der Waals surface area contributed by atoms with Gasteiger partial charge in [0.25, 0.3) is 5.69 Å². The first-order chi connectivity index (χ1) is 7.54. The molecule has 0 aliphatic rings. The lowest BCUT2D eigenvalue weighted by molar-refractivity contribution is -0.385. The lowest BCUT2D eigenvalue weighted by Gasteiger charge is -2.10. The summed E-state index contributed by atoms with van der Waals surface area (Å²) in [7, 11) is 0. The van der Waals surface area contributed by atoms with Crippen LogP contribution in [-0.2, 0) is 6.54 Å². The predicted molar refractivity (Wildman–Crippen MR) is 64.2 cm³/mol. The average Bonchev–Trinajstić information content (AvgIpc) is 2.26. The van der Waals surface area contributed by atoms with Crippen LogP contribution in [0.2, 0.25) is 0 Å². The van der Waals surface area contributed by atoms with E-state index in [1.54, 1.807) is 12.1 Å². The molecule has 1 rings (SSSR count). The van der Waals surface area contributed by atoms with E-state index in [4.69, 9.17) is 5.11 Å². The van der Waals surface area contributed by atoms with Crippen LogP contribution in [0.25, 0.3) is 0 Å². The monoisotopic (exact) mass is 288 g/mol. The molecule has 0 amide bonds. The van der Waals surface area contributed by atoms with Gasteiger partial charge in [-0.1, -0.05) is 15.9 Å². The third-order valence-corrected chi connectivity index (χ3v) is 2.65. The molecule has 0 spiro atoms. The molecular weight excluding hydrogens is 276 g/mol. The largest absolute Gasteiger partial charge is 0.395 e. The van der Waals surface area contributed by atoms with Gasteiger partial charge >= 0.3 is 0 Å². The number of nitro groups is 1. The molecule has 0 bridgehead atoms. The molecule has 0 aliphatic heterocycles. The second kappa shape index (κ2) is 5.93. The Kier molecular flexibility index (Phi) is 4.85. The van der Waals surface area contributed by atoms with E-state index < -0.39 is 4.92 Å². The number of hydrogen-bond donors (Lipinski definition) is 2. The van der Waals surface area contributed by atoms with E-state index in [9.17, 15) is 10.1 Å². The van der Waals surface area contributed by atoms with Crippen LogP contribution in [0.15, 0.2) is 22.7 Å². The van der Waals surface area contributed by atoms with Crippen molar-refractivity contribution in [3.05, 3.63) is 38.3 Å². The highest BCUT2D eigenvalue weighted by Gasteiger charge is 2.14. The molecule has 0 saturated heterocycles. The maximum absolute atomic E-state index is 10.8. The SMILES string of the molecule is CC(CO)NCc1ccc(Br)cc1[N+](=O)[O-]. The fourth-order valence-corrected chi connectivity index (χ4v) is 1.55. The normalized spacial score (nSPS) is 12.4. The summed E-state index contributed by atoms with van der Waals surface area (Å²) < 4.78 is 0.679. The number of nitrogens with one attached hydrogen (secondary N) is 1. The van der Waals surface area contributed by atoms with Gasteiger partial charge in [0.2, 0.25) is 0 Å². The highest BCUT2D eigenvalue weighted by atomic mass is 79.9. The molecule has 16 heavy (non-hydrogen) atoms. The zero-order chi connectivity index (χ0) is 12.1. The van der Waals surface area contributed by atoms with Crippen LogP contribution in [0.5, 0.6) is 0 Å². The summed E-state index contributed by atoms with van der Waals surface area (Å²) in [5.74, 6) is 0. The van der Waals surface area contributed by atoms with Gasteiger partial charge < -0.3 is 10.4 Å². The molecule has 6 heteroatoms. The summed E-state index contributed by atoms with van der Waals surface area (Å²) in [6.07, 6.45) is 0. The summed E-state index contributed by atoms with van der Waals surface area (Å²) in [5, 5.41) is 22.6. The lowest BCUT2D eigenvalue weighted by Crippen LogP contribution is -2.28. The molecule has 1 aromatic rings. The Bertz CT molecular complexity index is 384. The van der Waals surface area contributed by atoms with Gasteiger partial charge in [-0.05, 0) is 19.1 Å². The molecule has 0 saturated carbocycles. The maximum atomic E-state index is 10.8. The number of rotatable bonds is 5. The first-order valence-corrected chi connectivity index (χ1v) is 5.61. The van der Waals surface area contributed by atoms with Gasteiger partial charge in [0.1, 0.15) is 0 Å². The molecule has 0 radical (unpaired) electrons. The van der Waals surface area contributed by atoms with Crippen molar-refractivity contribution >= 4 is 21.6 Å². The minimum Gasteiger partial charge on any atom is -0.395 e. The third-order valence-electron chi connectivity index (χ3n) is 2.16. The zero-order valence-corrected chi connectivity index (χ0v) is 10.4. The Balaban J connectivity index is 2.82. The van der Waals surface area contributed by atoms with E-state index in [1.807, 2.05) is 6.92 Å². The first kappa shape index (κ1) is 13.1. The number of hydrogen-bond acceptors (Lipinski definition) is 4. The lowest BCUT2D eigenvalue weighted by atomic mass is 10.1. The van der Waals surface area contributed by atoms with E-state index in [0.717, 1.165) is 0 Å².